The average Bonchev–Trinajstić information content (AvgIpc) is 2.53. The van der Waals surface area contributed by atoms with Crippen molar-refractivity contribution in [2.24, 2.45) is 0 Å². The van der Waals surface area contributed by atoms with Crippen LogP contribution in [0.15, 0.2) is 53.5 Å². The van der Waals surface area contributed by atoms with Crippen LogP contribution in [0.1, 0.15) is 13.3 Å². The molecule has 1 atom stereocenters. The maximum atomic E-state index is 11.9. The van der Waals surface area contributed by atoms with Gasteiger partial charge >= 0.3 is 0 Å². The quantitative estimate of drug-likeness (QED) is 0.780. The van der Waals surface area contributed by atoms with Crippen molar-refractivity contribution >= 4 is 5.91 Å². The minimum atomic E-state index is -0.569. The van der Waals surface area contributed by atoms with E-state index in [9.17, 15) is 9.59 Å². The van der Waals surface area contributed by atoms with Gasteiger partial charge < -0.3 is 10.1 Å². The molecule has 2 aromatic rings. The van der Waals surface area contributed by atoms with E-state index in [0.29, 0.717) is 25.3 Å². The fourth-order valence-electron chi connectivity index (χ4n) is 1.90. The van der Waals surface area contributed by atoms with Crippen LogP contribution in [0.5, 0.6) is 5.75 Å². The normalized spacial score (nSPS) is 11.7. The molecule has 2 rings (SSSR count). The summed E-state index contributed by atoms with van der Waals surface area (Å²) in [5.74, 6) is 0.474. The standard InChI is InChI=1S/C16H19N3O3/c1-13(22-14-7-3-2-4-8-14)16(21)17-10-6-12-19-15(20)9-5-11-18-19/h2-5,7-9,11,13H,6,10,12H2,1H3,(H,17,21). The summed E-state index contributed by atoms with van der Waals surface area (Å²) in [7, 11) is 0. The van der Waals surface area contributed by atoms with E-state index < -0.39 is 6.10 Å². The predicted octanol–water partition coefficient (Wildman–Crippen LogP) is 1.22. The van der Waals surface area contributed by atoms with Crippen LogP contribution in [0.25, 0.3) is 0 Å². The van der Waals surface area contributed by atoms with Crippen molar-refractivity contribution in [3.63, 3.8) is 0 Å². The third kappa shape index (κ3) is 4.73. The zero-order valence-corrected chi connectivity index (χ0v) is 12.4. The van der Waals surface area contributed by atoms with Gasteiger partial charge in [-0.3, -0.25) is 9.59 Å². The molecular weight excluding hydrogens is 282 g/mol. The van der Waals surface area contributed by atoms with Gasteiger partial charge in [-0.05, 0) is 31.5 Å². The van der Waals surface area contributed by atoms with Gasteiger partial charge in [0.05, 0.1) is 0 Å². The summed E-state index contributed by atoms with van der Waals surface area (Å²) >= 11 is 0. The van der Waals surface area contributed by atoms with E-state index in [2.05, 4.69) is 10.4 Å². The van der Waals surface area contributed by atoms with Gasteiger partial charge in [-0.25, -0.2) is 4.68 Å². The van der Waals surface area contributed by atoms with Gasteiger partial charge in [0, 0.05) is 25.4 Å². The van der Waals surface area contributed by atoms with Gasteiger partial charge in [-0.15, -0.1) is 0 Å². The van der Waals surface area contributed by atoms with Crippen molar-refractivity contribution in [3.05, 3.63) is 59.0 Å². The van der Waals surface area contributed by atoms with E-state index in [1.807, 2.05) is 18.2 Å². The van der Waals surface area contributed by atoms with Crippen molar-refractivity contribution in [3.8, 4) is 5.75 Å². The van der Waals surface area contributed by atoms with E-state index in [-0.39, 0.29) is 11.5 Å². The van der Waals surface area contributed by atoms with Crippen LogP contribution in [0.2, 0.25) is 0 Å². The molecule has 0 fully saturated rings. The Kier molecular flexibility index (Phi) is 5.71. The molecule has 1 N–H and O–H groups in total. The lowest BCUT2D eigenvalue weighted by atomic mass is 10.3. The summed E-state index contributed by atoms with van der Waals surface area (Å²) in [6.07, 6.45) is 1.62. The molecule has 0 spiro atoms. The minimum absolute atomic E-state index is 0.144. The highest BCUT2D eigenvalue weighted by Gasteiger charge is 2.13. The van der Waals surface area contributed by atoms with Crippen LogP contribution in [-0.4, -0.2) is 28.3 Å². The Labute approximate surface area is 128 Å². The predicted molar refractivity (Wildman–Crippen MR) is 82.7 cm³/mol. The third-order valence-corrected chi connectivity index (χ3v) is 3.06. The summed E-state index contributed by atoms with van der Waals surface area (Å²) < 4.78 is 6.90. The number of aromatic nitrogens is 2. The fraction of sp³-hybridized carbons (Fsp3) is 0.312. The molecule has 1 amide bonds. The first kappa shape index (κ1) is 15.8. The van der Waals surface area contributed by atoms with Gasteiger partial charge in [0.15, 0.2) is 6.10 Å². The lowest BCUT2D eigenvalue weighted by Crippen LogP contribution is -2.37. The first-order valence-electron chi connectivity index (χ1n) is 7.18. The van der Waals surface area contributed by atoms with E-state index in [1.165, 1.54) is 10.7 Å². The molecule has 0 saturated heterocycles. The number of nitrogens with zero attached hydrogens (tertiary/aromatic N) is 2. The molecule has 0 aliphatic heterocycles. The van der Waals surface area contributed by atoms with Crippen LogP contribution < -0.4 is 15.6 Å². The van der Waals surface area contributed by atoms with Crippen molar-refractivity contribution in [1.82, 2.24) is 15.1 Å². The topological polar surface area (TPSA) is 73.2 Å². The molecule has 1 aromatic heterocycles. The summed E-state index contributed by atoms with van der Waals surface area (Å²) in [6, 6.07) is 12.3. The van der Waals surface area contributed by atoms with Crippen molar-refractivity contribution in [2.75, 3.05) is 6.54 Å². The second-order valence-corrected chi connectivity index (χ2v) is 4.80. The molecular formula is C16H19N3O3. The first-order valence-corrected chi connectivity index (χ1v) is 7.18. The van der Waals surface area contributed by atoms with Crippen molar-refractivity contribution < 1.29 is 9.53 Å². The van der Waals surface area contributed by atoms with Gasteiger partial charge in [0.1, 0.15) is 5.75 Å². The number of benzene rings is 1. The Morgan fingerprint density at radius 3 is 2.77 bits per heavy atom. The van der Waals surface area contributed by atoms with Crippen LogP contribution in [0, 0.1) is 0 Å². The van der Waals surface area contributed by atoms with Crippen LogP contribution in [0.3, 0.4) is 0 Å². The number of carbonyl (C=O) groups is 1. The monoisotopic (exact) mass is 301 g/mol. The molecule has 1 unspecified atom stereocenters. The molecule has 22 heavy (non-hydrogen) atoms. The number of para-hydroxylation sites is 1. The van der Waals surface area contributed by atoms with Gasteiger partial charge in [-0.2, -0.15) is 5.10 Å². The van der Waals surface area contributed by atoms with Crippen LogP contribution >= 0.6 is 0 Å². The van der Waals surface area contributed by atoms with Crippen molar-refractivity contribution in [2.45, 2.75) is 26.0 Å². The highest BCUT2D eigenvalue weighted by molar-refractivity contribution is 5.80. The Morgan fingerprint density at radius 2 is 2.05 bits per heavy atom. The highest BCUT2D eigenvalue weighted by atomic mass is 16.5. The summed E-state index contributed by atoms with van der Waals surface area (Å²) in [5.41, 5.74) is -0.144. The molecule has 6 heteroatoms. The Bertz CT molecular complexity index is 655. The lowest BCUT2D eigenvalue weighted by Gasteiger charge is -2.14. The van der Waals surface area contributed by atoms with Gasteiger partial charge in [0.2, 0.25) is 0 Å². The fourth-order valence-corrected chi connectivity index (χ4v) is 1.90. The number of rotatable bonds is 7. The summed E-state index contributed by atoms with van der Waals surface area (Å²) in [4.78, 5) is 23.4. The minimum Gasteiger partial charge on any atom is -0.481 e. The number of nitrogens with one attached hydrogen (secondary N) is 1. The smallest absolute Gasteiger partial charge is 0.266 e. The molecule has 1 aromatic carbocycles. The SMILES string of the molecule is CC(Oc1ccccc1)C(=O)NCCCn1ncccc1=O. The largest absolute Gasteiger partial charge is 0.481 e. The number of aryl methyl sites for hydroxylation is 1. The zero-order valence-electron chi connectivity index (χ0n) is 12.4. The van der Waals surface area contributed by atoms with E-state index in [0.717, 1.165) is 0 Å². The van der Waals surface area contributed by atoms with Crippen LogP contribution in [0.4, 0.5) is 0 Å². The van der Waals surface area contributed by atoms with Crippen molar-refractivity contribution in [1.29, 1.82) is 0 Å². The average molecular weight is 301 g/mol. The number of ether oxygens (including phenoxy) is 1. The Morgan fingerprint density at radius 1 is 1.27 bits per heavy atom. The van der Waals surface area contributed by atoms with E-state index in [1.54, 1.807) is 31.3 Å². The van der Waals surface area contributed by atoms with E-state index in [4.69, 9.17) is 4.74 Å². The second-order valence-electron chi connectivity index (χ2n) is 4.80. The second kappa shape index (κ2) is 7.97. The molecule has 1 heterocycles. The molecule has 6 nitrogen and oxygen atoms in total. The zero-order chi connectivity index (χ0) is 15.8. The lowest BCUT2D eigenvalue weighted by molar-refractivity contribution is -0.127. The Hall–Kier alpha value is -2.63. The number of hydrogen-bond donors (Lipinski definition) is 1. The molecule has 116 valence electrons. The van der Waals surface area contributed by atoms with Gasteiger partial charge in [-0.1, -0.05) is 18.2 Å². The number of carbonyl (C=O) groups excluding carboxylic acids is 1. The third-order valence-electron chi connectivity index (χ3n) is 3.06. The molecule has 0 radical (unpaired) electrons. The maximum Gasteiger partial charge on any atom is 0.266 e. The molecule has 0 aliphatic carbocycles. The van der Waals surface area contributed by atoms with Crippen LogP contribution in [-0.2, 0) is 11.3 Å². The number of amides is 1. The van der Waals surface area contributed by atoms with E-state index >= 15 is 0 Å². The molecule has 0 bridgehead atoms. The molecule has 0 aliphatic rings. The first-order chi connectivity index (χ1) is 10.7. The highest BCUT2D eigenvalue weighted by Crippen LogP contribution is 2.10. The Balaban J connectivity index is 1.71. The maximum absolute atomic E-state index is 11.9. The number of hydrogen-bond acceptors (Lipinski definition) is 4. The van der Waals surface area contributed by atoms with Gasteiger partial charge in [0.25, 0.3) is 11.5 Å². The summed E-state index contributed by atoms with van der Waals surface area (Å²) in [5, 5.41) is 6.74. The molecule has 0 saturated carbocycles. The summed E-state index contributed by atoms with van der Waals surface area (Å²) in [6.45, 7) is 2.63.